The van der Waals surface area contributed by atoms with Crippen LogP contribution in [0.1, 0.15) is 52.9 Å². The van der Waals surface area contributed by atoms with Crippen LogP contribution >= 0.6 is 0 Å². The fourth-order valence-electron chi connectivity index (χ4n) is 1.60. The van der Waals surface area contributed by atoms with Gasteiger partial charge in [-0.2, -0.15) is 0 Å². The summed E-state index contributed by atoms with van der Waals surface area (Å²) in [6.07, 6.45) is 4.13. The highest BCUT2D eigenvalue weighted by Crippen LogP contribution is 2.14. The molecular weight excluding hydrogens is 204 g/mol. The lowest BCUT2D eigenvalue weighted by molar-refractivity contribution is -0.125. The van der Waals surface area contributed by atoms with Crippen LogP contribution in [-0.2, 0) is 4.79 Å². The SMILES string of the molecule is CCCCC(N)C(=O)NC(CC)(CC)CO. The fourth-order valence-corrected chi connectivity index (χ4v) is 1.60. The van der Waals surface area contributed by atoms with Crippen molar-refractivity contribution in [2.75, 3.05) is 6.61 Å². The molecule has 1 atom stereocenters. The van der Waals surface area contributed by atoms with Crippen LogP contribution in [0.4, 0.5) is 0 Å². The number of hydrogen-bond donors (Lipinski definition) is 3. The number of hydrogen-bond acceptors (Lipinski definition) is 3. The van der Waals surface area contributed by atoms with Crippen molar-refractivity contribution in [2.45, 2.75) is 64.5 Å². The quantitative estimate of drug-likeness (QED) is 0.586. The van der Waals surface area contributed by atoms with E-state index in [0.29, 0.717) is 19.3 Å². The van der Waals surface area contributed by atoms with Gasteiger partial charge in [0.15, 0.2) is 0 Å². The maximum absolute atomic E-state index is 11.8. The smallest absolute Gasteiger partial charge is 0.237 e. The molecule has 0 aliphatic heterocycles. The number of rotatable bonds is 8. The molecule has 0 aliphatic carbocycles. The molecule has 0 aliphatic rings. The number of carbonyl (C=O) groups is 1. The van der Waals surface area contributed by atoms with Crippen molar-refractivity contribution in [1.82, 2.24) is 5.32 Å². The fraction of sp³-hybridized carbons (Fsp3) is 0.917. The van der Waals surface area contributed by atoms with E-state index < -0.39 is 11.6 Å². The average Bonchev–Trinajstić information content (AvgIpc) is 2.32. The summed E-state index contributed by atoms with van der Waals surface area (Å²) in [5, 5.41) is 12.2. The molecule has 0 spiro atoms. The summed E-state index contributed by atoms with van der Waals surface area (Å²) in [6, 6.07) is -0.455. The van der Waals surface area contributed by atoms with Crippen molar-refractivity contribution in [3.63, 3.8) is 0 Å². The molecule has 0 heterocycles. The molecule has 0 fully saturated rings. The van der Waals surface area contributed by atoms with Crippen molar-refractivity contribution < 1.29 is 9.90 Å². The number of nitrogens with two attached hydrogens (primary N) is 1. The zero-order valence-electron chi connectivity index (χ0n) is 10.8. The molecule has 0 aromatic carbocycles. The molecule has 0 saturated heterocycles. The molecule has 0 aromatic rings. The van der Waals surface area contributed by atoms with Gasteiger partial charge in [-0.05, 0) is 19.3 Å². The second-order valence-corrected chi connectivity index (χ2v) is 4.38. The number of unbranched alkanes of at least 4 members (excludes halogenated alkanes) is 1. The van der Waals surface area contributed by atoms with Gasteiger partial charge in [0.25, 0.3) is 0 Å². The van der Waals surface area contributed by atoms with Gasteiger partial charge in [-0.25, -0.2) is 0 Å². The maximum Gasteiger partial charge on any atom is 0.237 e. The van der Waals surface area contributed by atoms with E-state index in [4.69, 9.17) is 5.73 Å². The molecule has 0 radical (unpaired) electrons. The Labute approximate surface area is 98.6 Å². The average molecular weight is 230 g/mol. The Balaban J connectivity index is 4.28. The predicted octanol–water partition coefficient (Wildman–Crippen LogP) is 1.17. The van der Waals surface area contributed by atoms with Gasteiger partial charge in [0.2, 0.25) is 5.91 Å². The van der Waals surface area contributed by atoms with Crippen LogP contribution in [0.2, 0.25) is 0 Å². The van der Waals surface area contributed by atoms with Crippen molar-refractivity contribution in [3.8, 4) is 0 Å². The van der Waals surface area contributed by atoms with Gasteiger partial charge in [-0.1, -0.05) is 33.6 Å². The molecule has 4 nitrogen and oxygen atoms in total. The van der Waals surface area contributed by atoms with E-state index in [1.807, 2.05) is 13.8 Å². The summed E-state index contributed by atoms with van der Waals surface area (Å²) >= 11 is 0. The van der Waals surface area contributed by atoms with Crippen LogP contribution in [-0.4, -0.2) is 29.2 Å². The van der Waals surface area contributed by atoms with Gasteiger partial charge in [0, 0.05) is 0 Å². The lowest BCUT2D eigenvalue weighted by Gasteiger charge is -2.31. The third-order valence-electron chi connectivity index (χ3n) is 3.25. The Bertz CT molecular complexity index is 195. The minimum atomic E-state index is -0.499. The topological polar surface area (TPSA) is 75.4 Å². The highest BCUT2D eigenvalue weighted by atomic mass is 16.3. The van der Waals surface area contributed by atoms with E-state index in [0.717, 1.165) is 12.8 Å². The van der Waals surface area contributed by atoms with Gasteiger partial charge < -0.3 is 16.2 Å². The third-order valence-corrected chi connectivity index (χ3v) is 3.25. The lowest BCUT2D eigenvalue weighted by atomic mass is 9.93. The number of aliphatic hydroxyl groups is 1. The second-order valence-electron chi connectivity index (χ2n) is 4.38. The summed E-state index contributed by atoms with van der Waals surface area (Å²) in [6.45, 7) is 5.95. The van der Waals surface area contributed by atoms with Crippen LogP contribution < -0.4 is 11.1 Å². The molecule has 16 heavy (non-hydrogen) atoms. The number of aliphatic hydroxyl groups excluding tert-OH is 1. The van der Waals surface area contributed by atoms with E-state index >= 15 is 0 Å². The van der Waals surface area contributed by atoms with Gasteiger partial charge >= 0.3 is 0 Å². The first kappa shape index (κ1) is 15.4. The molecule has 0 bridgehead atoms. The second kappa shape index (κ2) is 7.63. The van der Waals surface area contributed by atoms with Gasteiger partial charge in [0.05, 0.1) is 18.2 Å². The number of amides is 1. The minimum absolute atomic E-state index is 0.0355. The predicted molar refractivity (Wildman–Crippen MR) is 66.0 cm³/mol. The van der Waals surface area contributed by atoms with E-state index in [1.165, 1.54) is 0 Å². The van der Waals surface area contributed by atoms with Crippen molar-refractivity contribution in [1.29, 1.82) is 0 Å². The van der Waals surface area contributed by atoms with Gasteiger partial charge in [0.1, 0.15) is 0 Å². The normalized spacial score (nSPS) is 13.6. The highest BCUT2D eigenvalue weighted by molar-refractivity contribution is 5.82. The van der Waals surface area contributed by atoms with Crippen LogP contribution in [0.15, 0.2) is 0 Å². The zero-order valence-corrected chi connectivity index (χ0v) is 10.8. The molecular formula is C12H26N2O2. The molecule has 4 N–H and O–H groups in total. The van der Waals surface area contributed by atoms with Crippen LogP contribution in [0.3, 0.4) is 0 Å². The molecule has 4 heteroatoms. The van der Waals surface area contributed by atoms with E-state index in [2.05, 4.69) is 12.2 Å². The standard InChI is InChI=1S/C12H26N2O2/c1-4-7-8-10(13)11(16)14-12(5-2,6-3)9-15/h10,15H,4-9,13H2,1-3H3,(H,14,16). The first-order chi connectivity index (χ1) is 7.55. The van der Waals surface area contributed by atoms with Crippen LogP contribution in [0.5, 0.6) is 0 Å². The molecule has 0 rings (SSSR count). The Morgan fingerprint density at radius 3 is 2.31 bits per heavy atom. The van der Waals surface area contributed by atoms with Crippen LogP contribution in [0.25, 0.3) is 0 Å². The molecule has 0 aromatic heterocycles. The van der Waals surface area contributed by atoms with Gasteiger partial charge in [-0.3, -0.25) is 4.79 Å². The molecule has 96 valence electrons. The van der Waals surface area contributed by atoms with Crippen LogP contribution in [0, 0.1) is 0 Å². The minimum Gasteiger partial charge on any atom is -0.394 e. The number of carbonyl (C=O) groups excluding carboxylic acids is 1. The largest absolute Gasteiger partial charge is 0.394 e. The maximum atomic E-state index is 11.8. The third kappa shape index (κ3) is 4.49. The number of nitrogens with one attached hydrogen (secondary N) is 1. The summed E-state index contributed by atoms with van der Waals surface area (Å²) < 4.78 is 0. The molecule has 1 amide bonds. The summed E-state index contributed by atoms with van der Waals surface area (Å²) in [5.41, 5.74) is 5.28. The van der Waals surface area contributed by atoms with E-state index in [9.17, 15) is 9.90 Å². The summed E-state index contributed by atoms with van der Waals surface area (Å²) in [4.78, 5) is 11.8. The van der Waals surface area contributed by atoms with Crippen molar-refractivity contribution in [2.24, 2.45) is 5.73 Å². The molecule has 0 saturated carbocycles. The summed E-state index contributed by atoms with van der Waals surface area (Å²) in [7, 11) is 0. The van der Waals surface area contributed by atoms with E-state index in [1.54, 1.807) is 0 Å². The first-order valence-electron chi connectivity index (χ1n) is 6.23. The molecule has 1 unspecified atom stereocenters. The first-order valence-corrected chi connectivity index (χ1v) is 6.23. The summed E-state index contributed by atoms with van der Waals surface area (Å²) in [5.74, 6) is -0.147. The Morgan fingerprint density at radius 1 is 1.38 bits per heavy atom. The zero-order chi connectivity index (χ0) is 12.6. The Hall–Kier alpha value is -0.610. The monoisotopic (exact) mass is 230 g/mol. The lowest BCUT2D eigenvalue weighted by Crippen LogP contribution is -2.55. The van der Waals surface area contributed by atoms with E-state index in [-0.39, 0.29) is 12.5 Å². The van der Waals surface area contributed by atoms with Crippen molar-refractivity contribution >= 4 is 5.91 Å². The Kier molecular flexibility index (Phi) is 7.34. The Morgan fingerprint density at radius 2 is 1.94 bits per heavy atom. The highest BCUT2D eigenvalue weighted by Gasteiger charge is 2.28. The van der Waals surface area contributed by atoms with Gasteiger partial charge in [-0.15, -0.1) is 0 Å². The van der Waals surface area contributed by atoms with Crippen molar-refractivity contribution in [3.05, 3.63) is 0 Å².